The summed E-state index contributed by atoms with van der Waals surface area (Å²) in [7, 11) is 3.48. The van der Waals surface area contributed by atoms with Crippen LogP contribution in [0, 0.1) is 0 Å². The zero-order valence-corrected chi connectivity index (χ0v) is 12.6. The molecule has 8 heteroatoms. The molecule has 1 saturated heterocycles. The number of aryl methyl sites for hydroxylation is 1. The lowest BCUT2D eigenvalue weighted by molar-refractivity contribution is -0.125. The number of ether oxygens (including phenoxy) is 1. The molecule has 1 aliphatic heterocycles. The van der Waals surface area contributed by atoms with Crippen LogP contribution in [0.4, 0.5) is 0 Å². The van der Waals surface area contributed by atoms with E-state index in [9.17, 15) is 4.79 Å². The first kappa shape index (κ1) is 18.2. The van der Waals surface area contributed by atoms with Gasteiger partial charge in [0.1, 0.15) is 12.4 Å². The highest BCUT2D eigenvalue weighted by atomic mass is 35.5. The van der Waals surface area contributed by atoms with Crippen molar-refractivity contribution in [2.75, 3.05) is 26.8 Å². The number of halogens is 2. The first-order valence-electron chi connectivity index (χ1n) is 5.68. The number of carbonyl (C=O) groups is 1. The van der Waals surface area contributed by atoms with Crippen molar-refractivity contribution in [3.8, 4) is 0 Å². The van der Waals surface area contributed by atoms with Gasteiger partial charge in [0, 0.05) is 39.6 Å². The third-order valence-corrected chi connectivity index (χ3v) is 3.03. The van der Waals surface area contributed by atoms with Crippen LogP contribution in [0.1, 0.15) is 11.7 Å². The third-order valence-electron chi connectivity index (χ3n) is 3.03. The molecule has 0 aromatic carbocycles. The smallest absolute Gasteiger partial charge is 0.246 e. The van der Waals surface area contributed by atoms with Crippen molar-refractivity contribution < 1.29 is 9.53 Å². The van der Waals surface area contributed by atoms with Crippen LogP contribution in [0.25, 0.3) is 0 Å². The average Bonchev–Trinajstić information content (AvgIpc) is 2.87. The van der Waals surface area contributed by atoms with Crippen molar-refractivity contribution in [1.82, 2.24) is 20.2 Å². The standard InChI is InChI=1S/C11H18N4O2.2ClH/c1-15-4-3-13-11(15)8-5-12-6-9(8)14-10(16)7-17-2;;/h3-4,8-9,12H,5-7H2,1-2H3,(H,14,16);2*1H. The molecule has 0 spiro atoms. The van der Waals surface area contributed by atoms with Gasteiger partial charge in [-0.3, -0.25) is 4.79 Å². The van der Waals surface area contributed by atoms with Gasteiger partial charge in [-0.1, -0.05) is 0 Å². The summed E-state index contributed by atoms with van der Waals surface area (Å²) in [5.41, 5.74) is 0. The fourth-order valence-electron chi connectivity index (χ4n) is 2.22. The number of nitrogens with zero attached hydrogens (tertiary/aromatic N) is 2. The van der Waals surface area contributed by atoms with Crippen LogP contribution in [0.2, 0.25) is 0 Å². The van der Waals surface area contributed by atoms with Crippen molar-refractivity contribution in [2.24, 2.45) is 7.05 Å². The Labute approximate surface area is 125 Å². The minimum absolute atomic E-state index is 0. The predicted molar refractivity (Wildman–Crippen MR) is 77.1 cm³/mol. The van der Waals surface area contributed by atoms with Gasteiger partial charge in [0.05, 0.1) is 12.0 Å². The second-order valence-corrected chi connectivity index (χ2v) is 4.27. The fourth-order valence-corrected chi connectivity index (χ4v) is 2.22. The Morgan fingerprint density at radius 1 is 1.58 bits per heavy atom. The van der Waals surface area contributed by atoms with Crippen LogP contribution in [0.3, 0.4) is 0 Å². The topological polar surface area (TPSA) is 68.2 Å². The number of hydrogen-bond acceptors (Lipinski definition) is 4. The van der Waals surface area contributed by atoms with Gasteiger partial charge in [0.2, 0.25) is 5.91 Å². The molecule has 1 amide bonds. The molecule has 19 heavy (non-hydrogen) atoms. The Bertz CT molecular complexity index is 400. The van der Waals surface area contributed by atoms with Gasteiger partial charge < -0.3 is 19.9 Å². The minimum atomic E-state index is -0.0830. The van der Waals surface area contributed by atoms with E-state index in [4.69, 9.17) is 4.74 Å². The Balaban J connectivity index is 0.00000162. The maximum Gasteiger partial charge on any atom is 0.246 e. The summed E-state index contributed by atoms with van der Waals surface area (Å²) >= 11 is 0. The lowest BCUT2D eigenvalue weighted by Gasteiger charge is -2.19. The van der Waals surface area contributed by atoms with Crippen LogP contribution in [0.5, 0.6) is 0 Å². The minimum Gasteiger partial charge on any atom is -0.375 e. The average molecular weight is 311 g/mol. The van der Waals surface area contributed by atoms with E-state index in [1.54, 1.807) is 6.20 Å². The molecular formula is C11H20Cl2N4O2. The van der Waals surface area contributed by atoms with E-state index in [1.165, 1.54) is 7.11 Å². The van der Waals surface area contributed by atoms with E-state index in [2.05, 4.69) is 15.6 Å². The summed E-state index contributed by atoms with van der Waals surface area (Å²) in [5, 5.41) is 6.24. The molecule has 2 rings (SSSR count). The Morgan fingerprint density at radius 3 is 2.89 bits per heavy atom. The summed E-state index contributed by atoms with van der Waals surface area (Å²) in [6.45, 7) is 1.71. The van der Waals surface area contributed by atoms with E-state index in [0.29, 0.717) is 0 Å². The van der Waals surface area contributed by atoms with Crippen LogP contribution >= 0.6 is 24.8 Å². The number of hydrogen-bond donors (Lipinski definition) is 2. The molecule has 0 saturated carbocycles. The van der Waals surface area contributed by atoms with Crippen molar-refractivity contribution >= 4 is 30.7 Å². The van der Waals surface area contributed by atoms with Gasteiger partial charge in [0.25, 0.3) is 0 Å². The number of amides is 1. The zero-order chi connectivity index (χ0) is 12.3. The molecule has 2 N–H and O–H groups in total. The second-order valence-electron chi connectivity index (χ2n) is 4.27. The number of imidazole rings is 1. The fraction of sp³-hybridized carbons (Fsp3) is 0.636. The van der Waals surface area contributed by atoms with Gasteiger partial charge in [-0.05, 0) is 0 Å². The lowest BCUT2D eigenvalue weighted by Crippen LogP contribution is -2.41. The van der Waals surface area contributed by atoms with E-state index < -0.39 is 0 Å². The molecule has 2 heterocycles. The van der Waals surface area contributed by atoms with Crippen molar-refractivity contribution in [3.05, 3.63) is 18.2 Å². The lowest BCUT2D eigenvalue weighted by atomic mass is 10.0. The first-order chi connectivity index (χ1) is 8.22. The highest BCUT2D eigenvalue weighted by Crippen LogP contribution is 2.20. The van der Waals surface area contributed by atoms with Crippen LogP contribution < -0.4 is 10.6 Å². The normalized spacial score (nSPS) is 21.4. The number of aromatic nitrogens is 2. The Morgan fingerprint density at radius 2 is 2.32 bits per heavy atom. The summed E-state index contributed by atoms with van der Waals surface area (Å²) in [6, 6.07) is 0.0822. The SMILES string of the molecule is COCC(=O)NC1CNCC1c1nccn1C.Cl.Cl. The predicted octanol–water partition coefficient (Wildman–Crippen LogP) is 0.0817. The monoisotopic (exact) mass is 310 g/mol. The molecule has 6 nitrogen and oxygen atoms in total. The van der Waals surface area contributed by atoms with Gasteiger partial charge >= 0.3 is 0 Å². The molecule has 0 radical (unpaired) electrons. The first-order valence-corrected chi connectivity index (χ1v) is 5.68. The second kappa shape index (κ2) is 8.37. The van der Waals surface area contributed by atoms with Gasteiger partial charge in [-0.15, -0.1) is 24.8 Å². The Kier molecular flexibility index (Phi) is 8.01. The largest absolute Gasteiger partial charge is 0.375 e. The van der Waals surface area contributed by atoms with Crippen molar-refractivity contribution in [3.63, 3.8) is 0 Å². The molecule has 2 unspecified atom stereocenters. The zero-order valence-electron chi connectivity index (χ0n) is 11.0. The maximum atomic E-state index is 11.5. The molecule has 2 atom stereocenters. The summed E-state index contributed by atoms with van der Waals surface area (Å²) in [6.07, 6.45) is 3.70. The number of rotatable bonds is 4. The van der Waals surface area contributed by atoms with E-state index in [-0.39, 0.29) is 49.3 Å². The third kappa shape index (κ3) is 4.35. The molecule has 0 aliphatic carbocycles. The van der Waals surface area contributed by atoms with Crippen LogP contribution in [-0.4, -0.2) is 48.3 Å². The van der Waals surface area contributed by atoms with Crippen LogP contribution in [-0.2, 0) is 16.6 Å². The molecular weight excluding hydrogens is 291 g/mol. The number of methoxy groups -OCH3 is 1. The van der Waals surface area contributed by atoms with Gasteiger partial charge in [0.15, 0.2) is 0 Å². The maximum absolute atomic E-state index is 11.5. The van der Waals surface area contributed by atoms with Crippen molar-refractivity contribution in [1.29, 1.82) is 0 Å². The van der Waals surface area contributed by atoms with E-state index in [0.717, 1.165) is 18.9 Å². The molecule has 0 bridgehead atoms. The van der Waals surface area contributed by atoms with Gasteiger partial charge in [-0.25, -0.2) is 4.98 Å². The summed E-state index contributed by atoms with van der Waals surface area (Å²) in [4.78, 5) is 15.8. The van der Waals surface area contributed by atoms with Gasteiger partial charge in [-0.2, -0.15) is 0 Å². The quantitative estimate of drug-likeness (QED) is 0.826. The molecule has 1 aliphatic rings. The van der Waals surface area contributed by atoms with E-state index in [1.807, 2.05) is 17.8 Å². The Hall–Kier alpha value is -0.820. The highest BCUT2D eigenvalue weighted by Gasteiger charge is 2.31. The molecule has 110 valence electrons. The summed E-state index contributed by atoms with van der Waals surface area (Å²) in [5.74, 6) is 1.13. The number of carbonyl (C=O) groups excluding carboxylic acids is 1. The van der Waals surface area contributed by atoms with E-state index >= 15 is 0 Å². The van der Waals surface area contributed by atoms with Crippen molar-refractivity contribution in [2.45, 2.75) is 12.0 Å². The number of nitrogens with one attached hydrogen (secondary N) is 2. The highest BCUT2D eigenvalue weighted by molar-refractivity contribution is 5.85. The molecule has 1 aromatic heterocycles. The summed E-state index contributed by atoms with van der Waals surface area (Å²) < 4.78 is 6.80. The molecule has 1 fully saturated rings. The molecule has 1 aromatic rings. The van der Waals surface area contributed by atoms with Crippen LogP contribution in [0.15, 0.2) is 12.4 Å².